The fraction of sp³-hybridized carbons (Fsp3) is 0.333. The molecule has 0 saturated carbocycles. The zero-order valence-electron chi connectivity index (χ0n) is 10.3. The molecule has 4 nitrogen and oxygen atoms in total. The van der Waals surface area contributed by atoms with Gasteiger partial charge in [-0.25, -0.2) is 5.43 Å². The number of halogens is 2. The molecule has 0 bridgehead atoms. The molecule has 0 heterocycles. The molecule has 0 aliphatic rings. The molecule has 0 aromatic heterocycles. The van der Waals surface area contributed by atoms with E-state index in [-0.39, 0.29) is 0 Å². The van der Waals surface area contributed by atoms with Gasteiger partial charge in [-0.2, -0.15) is 5.10 Å². The van der Waals surface area contributed by atoms with Crippen LogP contribution < -0.4 is 5.43 Å². The molecule has 1 amide bonds. The van der Waals surface area contributed by atoms with Gasteiger partial charge < -0.3 is 5.11 Å². The summed E-state index contributed by atoms with van der Waals surface area (Å²) in [4.78, 5) is 11.4. The third-order valence-electron chi connectivity index (χ3n) is 2.20. The standard InChI is InChI=1S/C12H14Cl2N2O2/c1-7(15-16-11(17)12(2,3)18)9-6-8(13)4-5-10(9)14/h4-6,18H,1-3H3,(H,16,17)/b15-7-. The highest BCUT2D eigenvalue weighted by atomic mass is 35.5. The van der Waals surface area contributed by atoms with E-state index < -0.39 is 11.5 Å². The SMILES string of the molecule is C/C(=N/NC(=O)C(C)(C)O)c1cc(Cl)ccc1Cl. The highest BCUT2D eigenvalue weighted by Gasteiger charge is 2.23. The van der Waals surface area contributed by atoms with Crippen molar-refractivity contribution in [1.82, 2.24) is 5.43 Å². The van der Waals surface area contributed by atoms with Crippen LogP contribution in [-0.2, 0) is 4.79 Å². The van der Waals surface area contributed by atoms with Gasteiger partial charge in [-0.1, -0.05) is 23.2 Å². The van der Waals surface area contributed by atoms with Gasteiger partial charge in [-0.15, -0.1) is 0 Å². The van der Waals surface area contributed by atoms with Crippen LogP contribution in [0.25, 0.3) is 0 Å². The Morgan fingerprint density at radius 3 is 2.56 bits per heavy atom. The zero-order chi connectivity index (χ0) is 13.9. The van der Waals surface area contributed by atoms with Gasteiger partial charge in [0.2, 0.25) is 0 Å². The maximum absolute atomic E-state index is 11.4. The lowest BCUT2D eigenvalue weighted by Crippen LogP contribution is -2.39. The lowest BCUT2D eigenvalue weighted by Gasteiger charge is -2.14. The Morgan fingerprint density at radius 1 is 1.39 bits per heavy atom. The number of rotatable bonds is 3. The number of hydrazone groups is 1. The van der Waals surface area contributed by atoms with E-state index >= 15 is 0 Å². The summed E-state index contributed by atoms with van der Waals surface area (Å²) in [6.45, 7) is 4.43. The number of benzene rings is 1. The molecule has 6 heteroatoms. The maximum atomic E-state index is 11.4. The summed E-state index contributed by atoms with van der Waals surface area (Å²) in [5, 5.41) is 14.3. The van der Waals surface area contributed by atoms with E-state index in [2.05, 4.69) is 10.5 Å². The molecule has 0 radical (unpaired) electrons. The average molecular weight is 289 g/mol. The summed E-state index contributed by atoms with van der Waals surface area (Å²) >= 11 is 11.8. The van der Waals surface area contributed by atoms with E-state index in [0.717, 1.165) is 0 Å². The van der Waals surface area contributed by atoms with Crippen LogP contribution in [0.1, 0.15) is 26.3 Å². The van der Waals surface area contributed by atoms with Crippen molar-refractivity contribution >= 4 is 34.8 Å². The molecule has 1 aromatic carbocycles. The van der Waals surface area contributed by atoms with Gasteiger partial charge in [0, 0.05) is 15.6 Å². The summed E-state index contributed by atoms with van der Waals surface area (Å²) in [6, 6.07) is 4.96. The van der Waals surface area contributed by atoms with Crippen LogP contribution in [0.3, 0.4) is 0 Å². The highest BCUT2D eigenvalue weighted by molar-refractivity contribution is 6.36. The lowest BCUT2D eigenvalue weighted by atomic mass is 10.1. The Kier molecular flexibility index (Phi) is 4.73. The lowest BCUT2D eigenvalue weighted by molar-refractivity contribution is -0.136. The van der Waals surface area contributed by atoms with Crippen LogP contribution in [0.2, 0.25) is 10.0 Å². The van der Waals surface area contributed by atoms with Crippen LogP contribution >= 0.6 is 23.2 Å². The molecular formula is C12H14Cl2N2O2. The first-order chi connectivity index (χ1) is 8.21. The first-order valence-electron chi connectivity index (χ1n) is 5.24. The van der Waals surface area contributed by atoms with Crippen molar-refractivity contribution in [3.05, 3.63) is 33.8 Å². The minimum Gasteiger partial charge on any atom is -0.381 e. The van der Waals surface area contributed by atoms with Crippen LogP contribution in [-0.4, -0.2) is 22.3 Å². The largest absolute Gasteiger partial charge is 0.381 e. The Morgan fingerprint density at radius 2 is 2.00 bits per heavy atom. The monoisotopic (exact) mass is 288 g/mol. The molecule has 0 saturated heterocycles. The minimum atomic E-state index is -1.48. The Balaban J connectivity index is 2.90. The van der Waals surface area contributed by atoms with Gasteiger partial charge in [0.1, 0.15) is 5.60 Å². The number of amides is 1. The van der Waals surface area contributed by atoms with Crippen LogP contribution in [0.5, 0.6) is 0 Å². The fourth-order valence-corrected chi connectivity index (χ4v) is 1.53. The molecule has 0 spiro atoms. The van der Waals surface area contributed by atoms with E-state index in [4.69, 9.17) is 23.2 Å². The highest BCUT2D eigenvalue weighted by Crippen LogP contribution is 2.21. The Hall–Kier alpha value is -1.10. The molecule has 2 N–H and O–H groups in total. The molecule has 0 atom stereocenters. The van der Waals surface area contributed by atoms with Gasteiger partial charge in [0.25, 0.3) is 5.91 Å². The van der Waals surface area contributed by atoms with Crippen molar-refractivity contribution in [1.29, 1.82) is 0 Å². The third kappa shape index (κ3) is 3.98. The smallest absolute Gasteiger partial charge is 0.271 e. The maximum Gasteiger partial charge on any atom is 0.271 e. The molecule has 0 unspecified atom stereocenters. The number of carbonyl (C=O) groups excluding carboxylic acids is 1. The quantitative estimate of drug-likeness (QED) is 0.663. The zero-order valence-corrected chi connectivity index (χ0v) is 11.8. The van der Waals surface area contributed by atoms with Crippen molar-refractivity contribution in [2.24, 2.45) is 5.10 Å². The topological polar surface area (TPSA) is 61.7 Å². The number of nitrogens with one attached hydrogen (secondary N) is 1. The van der Waals surface area contributed by atoms with Crippen LogP contribution in [0.4, 0.5) is 0 Å². The first kappa shape index (κ1) is 15.0. The van der Waals surface area contributed by atoms with Crippen molar-refractivity contribution < 1.29 is 9.90 Å². The average Bonchev–Trinajstić information content (AvgIpc) is 2.27. The van der Waals surface area contributed by atoms with E-state index in [1.807, 2.05) is 0 Å². The number of hydrogen-bond donors (Lipinski definition) is 2. The summed E-state index contributed by atoms with van der Waals surface area (Å²) < 4.78 is 0. The summed E-state index contributed by atoms with van der Waals surface area (Å²) in [7, 11) is 0. The second kappa shape index (κ2) is 5.69. The van der Waals surface area contributed by atoms with Crippen LogP contribution in [0.15, 0.2) is 23.3 Å². The van der Waals surface area contributed by atoms with E-state index in [1.54, 1.807) is 25.1 Å². The fourth-order valence-electron chi connectivity index (χ4n) is 1.11. The summed E-state index contributed by atoms with van der Waals surface area (Å²) in [5.74, 6) is -0.597. The van der Waals surface area contributed by atoms with Crippen LogP contribution in [0, 0.1) is 0 Å². The molecule has 18 heavy (non-hydrogen) atoms. The predicted molar refractivity (Wildman–Crippen MR) is 73.1 cm³/mol. The Bertz CT molecular complexity index is 493. The van der Waals surface area contributed by atoms with Gasteiger partial charge in [0.05, 0.1) is 5.71 Å². The second-order valence-corrected chi connectivity index (χ2v) is 5.16. The Labute approximate surface area is 116 Å². The van der Waals surface area contributed by atoms with Crippen molar-refractivity contribution in [3.63, 3.8) is 0 Å². The minimum absolute atomic E-state index is 0.484. The van der Waals surface area contributed by atoms with Crippen molar-refractivity contribution in [3.8, 4) is 0 Å². The van der Waals surface area contributed by atoms with Gasteiger partial charge in [0.15, 0.2) is 0 Å². The molecule has 1 aromatic rings. The van der Waals surface area contributed by atoms with Crippen molar-refractivity contribution in [2.45, 2.75) is 26.4 Å². The van der Waals surface area contributed by atoms with E-state index in [9.17, 15) is 9.90 Å². The second-order valence-electron chi connectivity index (χ2n) is 4.32. The van der Waals surface area contributed by atoms with Gasteiger partial charge >= 0.3 is 0 Å². The number of aliphatic hydroxyl groups is 1. The number of carbonyl (C=O) groups is 1. The summed E-state index contributed by atoms with van der Waals surface area (Å²) in [6.07, 6.45) is 0. The summed E-state index contributed by atoms with van der Waals surface area (Å²) in [5.41, 5.74) is 1.91. The third-order valence-corrected chi connectivity index (χ3v) is 2.76. The molecule has 0 fully saturated rings. The molecule has 0 aliphatic heterocycles. The molecule has 1 rings (SSSR count). The van der Waals surface area contributed by atoms with Crippen molar-refractivity contribution in [2.75, 3.05) is 0 Å². The number of hydrogen-bond acceptors (Lipinski definition) is 3. The number of nitrogens with zero attached hydrogens (tertiary/aromatic N) is 1. The van der Waals surface area contributed by atoms with Gasteiger partial charge in [-0.3, -0.25) is 4.79 Å². The van der Waals surface area contributed by atoms with Gasteiger partial charge in [-0.05, 0) is 39.0 Å². The normalized spacial score (nSPS) is 12.4. The molecule has 98 valence electrons. The molecule has 0 aliphatic carbocycles. The first-order valence-corrected chi connectivity index (χ1v) is 6.00. The predicted octanol–water partition coefficient (Wildman–Crippen LogP) is 2.60. The van der Waals surface area contributed by atoms with E-state index in [1.165, 1.54) is 13.8 Å². The van der Waals surface area contributed by atoms with E-state index in [0.29, 0.717) is 21.3 Å². The molecular weight excluding hydrogens is 275 g/mol.